The Bertz CT molecular complexity index is 601. The Hall–Kier alpha value is -0.960. The lowest BCUT2D eigenvalue weighted by molar-refractivity contribution is 0.0702. The Labute approximate surface area is 121 Å². The maximum atomic E-state index is 12.3. The molecule has 2 unspecified atom stereocenters. The van der Waals surface area contributed by atoms with E-state index in [-0.39, 0.29) is 21.9 Å². The molecule has 0 aromatic carbocycles. The van der Waals surface area contributed by atoms with Gasteiger partial charge in [0.05, 0.1) is 11.0 Å². The van der Waals surface area contributed by atoms with Gasteiger partial charge in [0.1, 0.15) is 4.88 Å². The molecule has 0 saturated carbocycles. The van der Waals surface area contributed by atoms with Crippen molar-refractivity contribution in [3.05, 3.63) is 15.8 Å². The molecule has 0 spiro atoms. The molecule has 20 heavy (non-hydrogen) atoms. The second-order valence-electron chi connectivity index (χ2n) is 4.80. The van der Waals surface area contributed by atoms with E-state index in [2.05, 4.69) is 4.72 Å². The van der Waals surface area contributed by atoms with Crippen LogP contribution in [0.5, 0.6) is 0 Å². The van der Waals surface area contributed by atoms with Crippen LogP contribution in [-0.4, -0.2) is 38.2 Å². The molecule has 0 aliphatic carbocycles. The lowest BCUT2D eigenvalue weighted by atomic mass is 10.1. The first kappa shape index (κ1) is 15.4. The van der Waals surface area contributed by atoms with Gasteiger partial charge in [-0.3, -0.25) is 0 Å². The number of carboxylic acid groups (broad SMARTS) is 1. The Morgan fingerprint density at radius 3 is 2.80 bits per heavy atom. The summed E-state index contributed by atoms with van der Waals surface area (Å²) in [5, 5.41) is 8.92. The lowest BCUT2D eigenvalue weighted by Gasteiger charge is -2.19. The minimum Gasteiger partial charge on any atom is -0.477 e. The van der Waals surface area contributed by atoms with E-state index in [4.69, 9.17) is 9.84 Å². The number of hydrogen-bond donors (Lipinski definition) is 2. The maximum absolute atomic E-state index is 12.3. The summed E-state index contributed by atoms with van der Waals surface area (Å²) in [6.45, 7) is 4.01. The first-order valence-corrected chi connectivity index (χ1v) is 8.59. The number of sulfonamides is 1. The summed E-state index contributed by atoms with van der Waals surface area (Å²) >= 11 is 0.959. The van der Waals surface area contributed by atoms with Crippen LogP contribution in [0.15, 0.2) is 11.0 Å². The number of thiophene rings is 1. The standard InChI is InChI=1S/C12H17NO5S2/c1-7(9-4-3-5-18-9)13-20(16,17)11-6-10(12(14)15)19-8(11)2/h6-7,9,13H,3-5H2,1-2H3,(H,14,15). The summed E-state index contributed by atoms with van der Waals surface area (Å²) in [5.41, 5.74) is 0. The lowest BCUT2D eigenvalue weighted by Crippen LogP contribution is -2.40. The zero-order chi connectivity index (χ0) is 14.9. The van der Waals surface area contributed by atoms with Crippen LogP contribution >= 0.6 is 11.3 Å². The number of rotatable bonds is 5. The third-order valence-corrected chi connectivity index (χ3v) is 6.09. The van der Waals surface area contributed by atoms with Crippen LogP contribution in [0.1, 0.15) is 34.3 Å². The molecule has 2 heterocycles. The summed E-state index contributed by atoms with van der Waals surface area (Å²) in [4.78, 5) is 11.4. The van der Waals surface area contributed by atoms with Crippen molar-refractivity contribution in [2.75, 3.05) is 6.61 Å². The fourth-order valence-electron chi connectivity index (χ4n) is 2.22. The highest BCUT2D eigenvalue weighted by Gasteiger charge is 2.29. The van der Waals surface area contributed by atoms with Gasteiger partial charge in [0.15, 0.2) is 0 Å². The monoisotopic (exact) mass is 319 g/mol. The topological polar surface area (TPSA) is 92.7 Å². The summed E-state index contributed by atoms with van der Waals surface area (Å²) < 4.78 is 32.6. The smallest absolute Gasteiger partial charge is 0.345 e. The Kier molecular flexibility index (Phi) is 4.48. The minimum absolute atomic E-state index is 0.0210. The molecule has 112 valence electrons. The number of nitrogens with one attached hydrogen (secondary N) is 1. The molecule has 1 fully saturated rings. The molecule has 1 aliphatic heterocycles. The molecule has 8 heteroatoms. The van der Waals surface area contributed by atoms with E-state index in [9.17, 15) is 13.2 Å². The first-order chi connectivity index (χ1) is 9.31. The van der Waals surface area contributed by atoms with Gasteiger partial charge >= 0.3 is 5.97 Å². The van der Waals surface area contributed by atoms with E-state index in [0.717, 1.165) is 24.2 Å². The van der Waals surface area contributed by atoms with Gasteiger partial charge in [-0.15, -0.1) is 11.3 Å². The van der Waals surface area contributed by atoms with Crippen LogP contribution in [0, 0.1) is 6.92 Å². The summed E-state index contributed by atoms with van der Waals surface area (Å²) in [6, 6.07) is 0.863. The molecule has 2 rings (SSSR count). The van der Waals surface area contributed by atoms with E-state index in [1.54, 1.807) is 13.8 Å². The van der Waals surface area contributed by atoms with Crippen molar-refractivity contribution in [1.29, 1.82) is 0 Å². The Morgan fingerprint density at radius 1 is 1.60 bits per heavy atom. The number of carbonyl (C=O) groups is 1. The molecule has 0 bridgehead atoms. The fraction of sp³-hybridized carbons (Fsp3) is 0.583. The average Bonchev–Trinajstić information content (AvgIpc) is 2.96. The zero-order valence-corrected chi connectivity index (χ0v) is 12.9. The molecule has 1 saturated heterocycles. The quantitative estimate of drug-likeness (QED) is 0.860. The highest BCUT2D eigenvalue weighted by atomic mass is 32.2. The molecular weight excluding hydrogens is 302 g/mol. The highest BCUT2D eigenvalue weighted by Crippen LogP contribution is 2.26. The van der Waals surface area contributed by atoms with Crippen molar-refractivity contribution < 1.29 is 23.1 Å². The molecule has 6 nitrogen and oxygen atoms in total. The largest absolute Gasteiger partial charge is 0.477 e. The minimum atomic E-state index is -3.72. The van der Waals surface area contributed by atoms with Crippen LogP contribution in [0.4, 0.5) is 0 Å². The SMILES string of the molecule is Cc1sc(C(=O)O)cc1S(=O)(=O)NC(C)C1CCCO1. The van der Waals surface area contributed by atoms with Crippen LogP contribution < -0.4 is 4.72 Å². The van der Waals surface area contributed by atoms with Gasteiger partial charge < -0.3 is 9.84 Å². The van der Waals surface area contributed by atoms with Crippen LogP contribution in [0.2, 0.25) is 0 Å². The van der Waals surface area contributed by atoms with Crippen molar-refractivity contribution >= 4 is 27.3 Å². The summed E-state index contributed by atoms with van der Waals surface area (Å²) in [6.07, 6.45) is 1.63. The third-order valence-electron chi connectivity index (χ3n) is 3.24. The van der Waals surface area contributed by atoms with Crippen LogP contribution in [-0.2, 0) is 14.8 Å². The van der Waals surface area contributed by atoms with E-state index < -0.39 is 16.0 Å². The highest BCUT2D eigenvalue weighted by molar-refractivity contribution is 7.89. The van der Waals surface area contributed by atoms with Crippen molar-refractivity contribution in [1.82, 2.24) is 4.72 Å². The average molecular weight is 319 g/mol. The molecular formula is C12H17NO5S2. The zero-order valence-electron chi connectivity index (χ0n) is 11.3. The van der Waals surface area contributed by atoms with Gasteiger partial charge in [0.25, 0.3) is 0 Å². The Morgan fingerprint density at radius 2 is 2.30 bits per heavy atom. The third kappa shape index (κ3) is 3.20. The van der Waals surface area contributed by atoms with Gasteiger partial charge in [-0.2, -0.15) is 0 Å². The number of aromatic carboxylic acids is 1. The molecule has 2 atom stereocenters. The predicted octanol–water partition coefficient (Wildman–Crippen LogP) is 1.60. The van der Waals surface area contributed by atoms with Gasteiger partial charge in [0, 0.05) is 17.5 Å². The van der Waals surface area contributed by atoms with Crippen LogP contribution in [0.25, 0.3) is 0 Å². The van der Waals surface area contributed by atoms with E-state index in [1.807, 2.05) is 0 Å². The van der Waals surface area contributed by atoms with Gasteiger partial charge in [-0.05, 0) is 32.8 Å². The van der Waals surface area contributed by atoms with E-state index >= 15 is 0 Å². The van der Waals surface area contributed by atoms with Gasteiger partial charge in [-0.25, -0.2) is 17.9 Å². The number of ether oxygens (including phenoxy) is 1. The fourth-order valence-corrected chi connectivity index (χ4v) is 4.92. The molecule has 2 N–H and O–H groups in total. The van der Waals surface area contributed by atoms with Crippen LogP contribution in [0.3, 0.4) is 0 Å². The van der Waals surface area contributed by atoms with Gasteiger partial charge in [-0.1, -0.05) is 0 Å². The molecule has 0 amide bonds. The summed E-state index contributed by atoms with van der Waals surface area (Å²) in [5.74, 6) is -1.12. The van der Waals surface area contributed by atoms with Gasteiger partial charge in [0.2, 0.25) is 10.0 Å². The van der Waals surface area contributed by atoms with E-state index in [1.165, 1.54) is 6.07 Å². The normalized spacial score (nSPS) is 21.0. The molecule has 1 aromatic rings. The number of hydrogen-bond acceptors (Lipinski definition) is 5. The van der Waals surface area contributed by atoms with Crippen molar-refractivity contribution in [3.8, 4) is 0 Å². The molecule has 0 radical (unpaired) electrons. The van der Waals surface area contributed by atoms with Crippen molar-refractivity contribution in [2.45, 2.75) is 43.7 Å². The number of aryl methyl sites for hydroxylation is 1. The second-order valence-corrected chi connectivity index (χ2v) is 7.74. The maximum Gasteiger partial charge on any atom is 0.345 e. The predicted molar refractivity (Wildman–Crippen MR) is 74.8 cm³/mol. The second kappa shape index (κ2) is 5.80. The molecule has 1 aliphatic rings. The number of carboxylic acids is 1. The summed E-state index contributed by atoms with van der Waals surface area (Å²) in [7, 11) is -3.72. The Balaban J connectivity index is 2.19. The van der Waals surface area contributed by atoms with E-state index in [0.29, 0.717) is 11.5 Å². The molecule has 1 aromatic heterocycles. The van der Waals surface area contributed by atoms with Crippen molar-refractivity contribution in [2.24, 2.45) is 0 Å². The van der Waals surface area contributed by atoms with Crippen molar-refractivity contribution in [3.63, 3.8) is 0 Å². The first-order valence-electron chi connectivity index (χ1n) is 6.29.